The van der Waals surface area contributed by atoms with E-state index in [-0.39, 0.29) is 24.9 Å². The molecule has 0 aromatic rings. The summed E-state index contributed by atoms with van der Waals surface area (Å²) in [7, 11) is 0. The average molecular weight is 284 g/mol. The number of carbonyl (C=O) groups is 4. The summed E-state index contributed by atoms with van der Waals surface area (Å²) in [5.41, 5.74) is 0. The third kappa shape index (κ3) is 3.25. The maximum absolute atomic E-state index is 11.9. The summed E-state index contributed by atoms with van der Waals surface area (Å²) in [6.45, 7) is 0.286. The summed E-state index contributed by atoms with van der Waals surface area (Å²) in [5.74, 6) is -3.98. The summed E-state index contributed by atoms with van der Waals surface area (Å²) >= 11 is 0. The first kappa shape index (κ1) is 14.3. The highest BCUT2D eigenvalue weighted by atomic mass is 16.4. The number of likely N-dealkylation sites (tertiary alicyclic amines) is 1. The molecule has 3 N–H and O–H groups in total. The van der Waals surface area contributed by atoms with Crippen LogP contribution in [0.25, 0.3) is 0 Å². The van der Waals surface area contributed by atoms with E-state index in [4.69, 9.17) is 10.2 Å². The molecule has 1 saturated heterocycles. The summed E-state index contributed by atoms with van der Waals surface area (Å²) in [6, 6.07) is -1.25. The van der Waals surface area contributed by atoms with Crippen molar-refractivity contribution in [3.05, 3.63) is 0 Å². The highest BCUT2D eigenvalue weighted by Gasteiger charge is 2.42. The number of carboxylic acid groups (broad SMARTS) is 2. The molecule has 0 bridgehead atoms. The minimum Gasteiger partial charge on any atom is -0.481 e. The van der Waals surface area contributed by atoms with Crippen molar-refractivity contribution < 1.29 is 29.4 Å². The normalized spacial score (nSPS) is 23.5. The second kappa shape index (κ2) is 5.48. The minimum atomic E-state index is -1.47. The van der Waals surface area contributed by atoms with Gasteiger partial charge in [0.2, 0.25) is 11.8 Å². The fourth-order valence-electron chi connectivity index (χ4n) is 2.31. The van der Waals surface area contributed by atoms with E-state index in [1.54, 1.807) is 4.90 Å². The molecule has 8 nitrogen and oxygen atoms in total. The first-order valence-corrected chi connectivity index (χ1v) is 6.43. The van der Waals surface area contributed by atoms with Crippen molar-refractivity contribution in [2.75, 3.05) is 6.54 Å². The van der Waals surface area contributed by atoms with Gasteiger partial charge in [-0.05, 0) is 12.8 Å². The van der Waals surface area contributed by atoms with Crippen molar-refractivity contribution in [3.8, 4) is 0 Å². The van der Waals surface area contributed by atoms with E-state index in [0.717, 1.165) is 12.8 Å². The van der Waals surface area contributed by atoms with Crippen LogP contribution in [0, 0.1) is 5.92 Å². The number of aliphatic carboxylic acids is 2. The minimum absolute atomic E-state index is 0.0573. The molecule has 20 heavy (non-hydrogen) atoms. The quantitative estimate of drug-likeness (QED) is 0.577. The van der Waals surface area contributed by atoms with Crippen molar-refractivity contribution in [1.29, 1.82) is 0 Å². The van der Waals surface area contributed by atoms with Crippen LogP contribution in [0.1, 0.15) is 25.7 Å². The van der Waals surface area contributed by atoms with Crippen LogP contribution in [0.3, 0.4) is 0 Å². The zero-order valence-electron chi connectivity index (χ0n) is 10.7. The Morgan fingerprint density at radius 3 is 2.45 bits per heavy atom. The molecule has 2 fully saturated rings. The lowest BCUT2D eigenvalue weighted by atomic mass is 10.1. The van der Waals surface area contributed by atoms with Crippen LogP contribution < -0.4 is 5.32 Å². The molecular weight excluding hydrogens is 268 g/mol. The van der Waals surface area contributed by atoms with E-state index in [9.17, 15) is 19.2 Å². The Morgan fingerprint density at radius 2 is 1.95 bits per heavy atom. The Bertz CT molecular complexity index is 459. The van der Waals surface area contributed by atoms with Gasteiger partial charge in [-0.2, -0.15) is 0 Å². The molecule has 0 spiro atoms. The highest BCUT2D eigenvalue weighted by molar-refractivity contribution is 5.92. The standard InChI is InChI=1S/C12H16N2O6/c15-9-3-6(5-14(9)7-1-2-7)11(18)13-8(12(19)20)4-10(16)17/h6-8H,1-5H2,(H,13,18)(H,16,17)(H,19,20)/t6?,8-/m1/s1. The Kier molecular flexibility index (Phi) is 3.91. The van der Waals surface area contributed by atoms with Crippen molar-refractivity contribution >= 4 is 23.8 Å². The summed E-state index contributed by atoms with van der Waals surface area (Å²) in [4.78, 5) is 46.7. The van der Waals surface area contributed by atoms with Gasteiger partial charge in [-0.25, -0.2) is 4.79 Å². The molecule has 1 aliphatic carbocycles. The predicted octanol–water partition coefficient (Wildman–Crippen LogP) is -0.959. The maximum atomic E-state index is 11.9. The lowest BCUT2D eigenvalue weighted by Gasteiger charge is -2.17. The van der Waals surface area contributed by atoms with Crippen molar-refractivity contribution in [1.82, 2.24) is 10.2 Å². The SMILES string of the molecule is O=C(O)C[C@@H](NC(=O)C1CC(=O)N(C2CC2)C1)C(=O)O. The van der Waals surface area contributed by atoms with Crippen molar-refractivity contribution in [2.45, 2.75) is 37.8 Å². The molecule has 0 aromatic heterocycles. The second-order valence-corrected chi connectivity index (χ2v) is 5.18. The summed E-state index contributed by atoms with van der Waals surface area (Å²) in [5, 5.41) is 19.7. The zero-order valence-corrected chi connectivity index (χ0v) is 10.7. The second-order valence-electron chi connectivity index (χ2n) is 5.18. The van der Waals surface area contributed by atoms with Crippen LogP contribution in [0.5, 0.6) is 0 Å². The molecule has 0 aromatic carbocycles. The number of carbonyl (C=O) groups excluding carboxylic acids is 2. The largest absolute Gasteiger partial charge is 0.481 e. The van der Waals surface area contributed by atoms with E-state index in [2.05, 4.69) is 5.32 Å². The van der Waals surface area contributed by atoms with Gasteiger partial charge in [0.05, 0.1) is 12.3 Å². The van der Waals surface area contributed by atoms with Gasteiger partial charge in [-0.15, -0.1) is 0 Å². The van der Waals surface area contributed by atoms with E-state index >= 15 is 0 Å². The molecule has 1 aliphatic heterocycles. The Balaban J connectivity index is 1.92. The van der Waals surface area contributed by atoms with Gasteiger partial charge < -0.3 is 20.4 Å². The molecule has 1 saturated carbocycles. The van der Waals surface area contributed by atoms with Gasteiger partial charge in [0.15, 0.2) is 0 Å². The third-order valence-electron chi connectivity index (χ3n) is 3.51. The van der Waals surface area contributed by atoms with Gasteiger partial charge in [0.1, 0.15) is 6.04 Å². The number of hydrogen-bond acceptors (Lipinski definition) is 4. The van der Waals surface area contributed by atoms with Crippen molar-refractivity contribution in [2.24, 2.45) is 5.92 Å². The first-order chi connectivity index (χ1) is 9.38. The first-order valence-electron chi connectivity index (χ1n) is 6.43. The lowest BCUT2D eigenvalue weighted by Crippen LogP contribution is -2.45. The molecule has 2 amide bonds. The number of amides is 2. The van der Waals surface area contributed by atoms with E-state index in [0.29, 0.717) is 0 Å². The van der Waals surface area contributed by atoms with E-state index < -0.39 is 36.2 Å². The summed E-state index contributed by atoms with van der Waals surface area (Å²) in [6.07, 6.45) is 1.25. The summed E-state index contributed by atoms with van der Waals surface area (Å²) < 4.78 is 0. The molecule has 1 unspecified atom stereocenters. The number of hydrogen-bond donors (Lipinski definition) is 3. The van der Waals surface area contributed by atoms with Gasteiger partial charge in [0.25, 0.3) is 0 Å². The van der Waals surface area contributed by atoms with Gasteiger partial charge in [0, 0.05) is 19.0 Å². The van der Waals surface area contributed by atoms with Crippen LogP contribution >= 0.6 is 0 Å². The Hall–Kier alpha value is -2.12. The topological polar surface area (TPSA) is 124 Å². The maximum Gasteiger partial charge on any atom is 0.326 e. The fourth-order valence-corrected chi connectivity index (χ4v) is 2.31. The smallest absolute Gasteiger partial charge is 0.326 e. The van der Waals surface area contributed by atoms with Crippen molar-refractivity contribution in [3.63, 3.8) is 0 Å². The molecule has 1 heterocycles. The molecule has 2 rings (SSSR count). The van der Waals surface area contributed by atoms with E-state index in [1.807, 2.05) is 0 Å². The van der Waals surface area contributed by atoms with Crippen LogP contribution in [0.4, 0.5) is 0 Å². The Morgan fingerprint density at radius 1 is 1.30 bits per heavy atom. The van der Waals surface area contributed by atoms with Crippen LogP contribution in [-0.4, -0.2) is 57.5 Å². The van der Waals surface area contributed by atoms with E-state index in [1.165, 1.54) is 0 Å². The number of nitrogens with zero attached hydrogens (tertiary/aromatic N) is 1. The zero-order chi connectivity index (χ0) is 14.9. The van der Waals surface area contributed by atoms with Crippen LogP contribution in [0.2, 0.25) is 0 Å². The third-order valence-corrected chi connectivity index (χ3v) is 3.51. The monoisotopic (exact) mass is 284 g/mol. The van der Waals surface area contributed by atoms with Crippen LogP contribution in [-0.2, 0) is 19.2 Å². The fraction of sp³-hybridized carbons (Fsp3) is 0.667. The molecule has 2 aliphatic rings. The predicted molar refractivity (Wildman–Crippen MR) is 64.7 cm³/mol. The molecule has 110 valence electrons. The number of rotatable bonds is 6. The highest BCUT2D eigenvalue weighted by Crippen LogP contribution is 2.32. The Labute approximate surface area is 114 Å². The average Bonchev–Trinajstić information content (AvgIpc) is 3.11. The van der Waals surface area contributed by atoms with Gasteiger partial charge >= 0.3 is 11.9 Å². The van der Waals surface area contributed by atoms with Gasteiger partial charge in [-0.3, -0.25) is 14.4 Å². The lowest BCUT2D eigenvalue weighted by molar-refractivity contribution is -0.147. The molecular formula is C12H16N2O6. The van der Waals surface area contributed by atoms with Gasteiger partial charge in [-0.1, -0.05) is 0 Å². The number of nitrogens with one attached hydrogen (secondary N) is 1. The number of carboxylic acids is 2. The molecule has 0 radical (unpaired) electrons. The molecule has 2 atom stereocenters. The van der Waals surface area contributed by atoms with Crippen LogP contribution in [0.15, 0.2) is 0 Å². The molecule has 8 heteroatoms.